The minimum Gasteiger partial charge on any atom is -0.493 e. The number of aryl methyl sites for hydroxylation is 1. The van der Waals surface area contributed by atoms with Gasteiger partial charge in [0.05, 0.1) is 22.9 Å². The van der Waals surface area contributed by atoms with Crippen LogP contribution in [0.15, 0.2) is 36.4 Å². The highest BCUT2D eigenvalue weighted by Gasteiger charge is 2.37. The minimum atomic E-state index is -0.579. The molecule has 6 heteroatoms. The number of nitrogens with zero attached hydrogens (tertiary/aromatic N) is 1. The van der Waals surface area contributed by atoms with Crippen molar-refractivity contribution in [2.75, 3.05) is 18.1 Å². The van der Waals surface area contributed by atoms with Gasteiger partial charge in [-0.2, -0.15) is 0 Å². The lowest BCUT2D eigenvalue weighted by Crippen LogP contribution is -2.31. The highest BCUT2D eigenvalue weighted by molar-refractivity contribution is 6.54. The molecule has 0 spiro atoms. The fourth-order valence-electron chi connectivity index (χ4n) is 2.69. The Bertz CT molecular complexity index is 820. The summed E-state index contributed by atoms with van der Waals surface area (Å²) in [6, 6.07) is 10.7. The third-order valence-electron chi connectivity index (χ3n) is 3.86. The molecule has 24 heavy (non-hydrogen) atoms. The second kappa shape index (κ2) is 6.83. The van der Waals surface area contributed by atoms with E-state index in [0.717, 1.165) is 11.3 Å². The Morgan fingerprint density at radius 2 is 1.88 bits per heavy atom. The van der Waals surface area contributed by atoms with Crippen LogP contribution < -0.4 is 9.64 Å². The van der Waals surface area contributed by atoms with Gasteiger partial charge >= 0.3 is 0 Å². The number of Topliss-reactive ketones (excluding diaryl/α,β-unsaturated/α-hetero) is 1. The normalized spacial score (nSPS) is 13.4. The number of ketones is 1. The molecule has 0 radical (unpaired) electrons. The average Bonchev–Trinajstić information content (AvgIpc) is 2.78. The summed E-state index contributed by atoms with van der Waals surface area (Å²) in [7, 11) is 0. The third-order valence-corrected chi connectivity index (χ3v) is 4.37. The largest absolute Gasteiger partial charge is 0.493 e. The molecule has 1 aliphatic heterocycles. The summed E-state index contributed by atoms with van der Waals surface area (Å²) in [5, 5.41) is 0.640. The number of halogens is 2. The van der Waals surface area contributed by atoms with Crippen LogP contribution in [-0.2, 0) is 4.79 Å². The van der Waals surface area contributed by atoms with Gasteiger partial charge in [-0.15, -0.1) is 0 Å². The van der Waals surface area contributed by atoms with Gasteiger partial charge in [0.15, 0.2) is 0 Å². The Balaban J connectivity index is 1.68. The number of ether oxygens (including phenoxy) is 1. The molecular weight excluding hydrogens is 349 g/mol. The Morgan fingerprint density at radius 1 is 1.12 bits per heavy atom. The molecule has 0 aliphatic carbocycles. The van der Waals surface area contributed by atoms with E-state index in [-0.39, 0.29) is 5.56 Å². The lowest BCUT2D eigenvalue weighted by molar-refractivity contribution is -0.114. The van der Waals surface area contributed by atoms with Crippen LogP contribution in [0.4, 0.5) is 5.69 Å². The first-order valence-electron chi connectivity index (χ1n) is 7.52. The Hall–Kier alpha value is -2.04. The maximum absolute atomic E-state index is 12.2. The van der Waals surface area contributed by atoms with Gasteiger partial charge in [-0.3, -0.25) is 9.59 Å². The second-order valence-electron chi connectivity index (χ2n) is 5.54. The maximum Gasteiger partial charge on any atom is 0.299 e. The number of anilines is 1. The zero-order valence-electron chi connectivity index (χ0n) is 13.0. The van der Waals surface area contributed by atoms with Crippen LogP contribution >= 0.6 is 23.2 Å². The number of hydrogen-bond donors (Lipinski definition) is 0. The highest BCUT2D eigenvalue weighted by Crippen LogP contribution is 2.38. The zero-order chi connectivity index (χ0) is 17.3. The molecule has 0 saturated heterocycles. The van der Waals surface area contributed by atoms with Crippen molar-refractivity contribution in [2.45, 2.75) is 13.3 Å². The lowest BCUT2D eigenvalue weighted by atomic mass is 10.1. The molecule has 1 heterocycles. The van der Waals surface area contributed by atoms with Crippen molar-refractivity contribution in [1.29, 1.82) is 0 Å². The van der Waals surface area contributed by atoms with Gasteiger partial charge in [-0.25, -0.2) is 0 Å². The molecule has 0 fully saturated rings. The van der Waals surface area contributed by atoms with Crippen LogP contribution in [0.5, 0.6) is 5.75 Å². The summed E-state index contributed by atoms with van der Waals surface area (Å²) >= 11 is 12.1. The average molecular weight is 364 g/mol. The van der Waals surface area contributed by atoms with E-state index < -0.39 is 11.7 Å². The molecule has 0 atom stereocenters. The van der Waals surface area contributed by atoms with Gasteiger partial charge in [0, 0.05) is 11.6 Å². The van der Waals surface area contributed by atoms with Crippen molar-refractivity contribution in [1.82, 2.24) is 0 Å². The summed E-state index contributed by atoms with van der Waals surface area (Å²) in [5.74, 6) is -0.342. The van der Waals surface area contributed by atoms with E-state index in [4.69, 9.17) is 27.9 Å². The SMILES string of the molecule is Cc1ccccc1OCCCN1C(=O)C(=O)c2cc(Cl)cc(Cl)c21. The number of para-hydroxylation sites is 1. The van der Waals surface area contributed by atoms with Crippen molar-refractivity contribution in [3.63, 3.8) is 0 Å². The quantitative estimate of drug-likeness (QED) is 0.587. The molecule has 0 unspecified atom stereocenters. The fraction of sp³-hybridized carbons (Fsp3) is 0.222. The molecule has 2 aromatic carbocycles. The predicted octanol–water partition coefficient (Wildman–Crippen LogP) is 4.30. The van der Waals surface area contributed by atoms with E-state index in [9.17, 15) is 9.59 Å². The monoisotopic (exact) mass is 363 g/mol. The molecule has 124 valence electrons. The second-order valence-corrected chi connectivity index (χ2v) is 6.38. The summed E-state index contributed by atoms with van der Waals surface area (Å²) < 4.78 is 5.72. The number of benzene rings is 2. The molecular formula is C18H15Cl2NO3. The van der Waals surface area contributed by atoms with Crippen molar-refractivity contribution in [2.24, 2.45) is 0 Å². The number of carbonyl (C=O) groups excluding carboxylic acids is 2. The van der Waals surface area contributed by atoms with Crippen molar-refractivity contribution in [3.05, 3.63) is 57.6 Å². The first-order chi connectivity index (χ1) is 11.5. The zero-order valence-corrected chi connectivity index (χ0v) is 14.5. The van der Waals surface area contributed by atoms with Crippen LogP contribution in [0.2, 0.25) is 10.0 Å². The summed E-state index contributed by atoms with van der Waals surface area (Å²) in [5.41, 5.74) is 1.75. The number of amides is 1. The van der Waals surface area contributed by atoms with Gasteiger partial charge in [0.2, 0.25) is 0 Å². The standard InChI is InChI=1S/C18H15Cl2NO3/c1-11-5-2-3-6-15(11)24-8-4-7-21-16-13(17(22)18(21)23)9-12(19)10-14(16)20/h2-3,5-6,9-10H,4,7-8H2,1H3. The minimum absolute atomic E-state index is 0.261. The molecule has 0 aromatic heterocycles. The van der Waals surface area contributed by atoms with Crippen molar-refractivity contribution in [3.8, 4) is 5.75 Å². The molecule has 1 aliphatic rings. The molecule has 1 amide bonds. The van der Waals surface area contributed by atoms with Crippen LogP contribution in [0.1, 0.15) is 22.3 Å². The number of rotatable bonds is 5. The molecule has 0 saturated carbocycles. The van der Waals surface area contributed by atoms with E-state index >= 15 is 0 Å². The van der Waals surface area contributed by atoms with Gasteiger partial charge < -0.3 is 9.64 Å². The van der Waals surface area contributed by atoms with Crippen molar-refractivity contribution < 1.29 is 14.3 Å². The molecule has 0 N–H and O–H groups in total. The molecule has 2 aromatic rings. The molecule has 3 rings (SSSR count). The topological polar surface area (TPSA) is 46.6 Å². The van der Waals surface area contributed by atoms with Gasteiger partial charge in [-0.1, -0.05) is 41.4 Å². The fourth-order valence-corrected chi connectivity index (χ4v) is 3.28. The van der Waals surface area contributed by atoms with Crippen LogP contribution in [0.25, 0.3) is 0 Å². The van der Waals surface area contributed by atoms with Crippen molar-refractivity contribution >= 4 is 40.6 Å². The van der Waals surface area contributed by atoms with E-state index in [0.29, 0.717) is 35.3 Å². The number of fused-ring (bicyclic) bond motifs is 1. The first-order valence-corrected chi connectivity index (χ1v) is 8.28. The Kier molecular flexibility index (Phi) is 4.78. The maximum atomic E-state index is 12.2. The van der Waals surface area contributed by atoms with E-state index in [2.05, 4.69) is 0 Å². The smallest absolute Gasteiger partial charge is 0.299 e. The molecule has 4 nitrogen and oxygen atoms in total. The lowest BCUT2D eigenvalue weighted by Gasteiger charge is -2.18. The van der Waals surface area contributed by atoms with E-state index in [1.165, 1.54) is 17.0 Å². The summed E-state index contributed by atoms with van der Waals surface area (Å²) in [6.45, 7) is 2.76. The van der Waals surface area contributed by atoms with Crippen LogP contribution in [0, 0.1) is 6.92 Å². The summed E-state index contributed by atoms with van der Waals surface area (Å²) in [4.78, 5) is 25.6. The number of carbonyl (C=O) groups is 2. The Labute approximate surface area is 149 Å². The highest BCUT2D eigenvalue weighted by atomic mass is 35.5. The summed E-state index contributed by atoms with van der Waals surface area (Å²) in [6.07, 6.45) is 0.575. The first kappa shape index (κ1) is 16.8. The molecule has 0 bridgehead atoms. The Morgan fingerprint density at radius 3 is 2.62 bits per heavy atom. The third kappa shape index (κ3) is 3.12. The number of hydrogen-bond acceptors (Lipinski definition) is 3. The van der Waals surface area contributed by atoms with Crippen LogP contribution in [0.3, 0.4) is 0 Å². The van der Waals surface area contributed by atoms with Gasteiger partial charge in [0.25, 0.3) is 11.7 Å². The van der Waals surface area contributed by atoms with Gasteiger partial charge in [0.1, 0.15) is 5.75 Å². The van der Waals surface area contributed by atoms with E-state index in [1.54, 1.807) is 0 Å². The van der Waals surface area contributed by atoms with Crippen LogP contribution in [-0.4, -0.2) is 24.8 Å². The van der Waals surface area contributed by atoms with Gasteiger partial charge in [-0.05, 0) is 37.1 Å². The predicted molar refractivity (Wildman–Crippen MR) is 94.4 cm³/mol. The van der Waals surface area contributed by atoms with E-state index in [1.807, 2.05) is 31.2 Å².